The van der Waals surface area contributed by atoms with Crippen LogP contribution in [0.5, 0.6) is 0 Å². The molecule has 0 aliphatic rings. The van der Waals surface area contributed by atoms with Gasteiger partial charge in [0.15, 0.2) is 0 Å². The van der Waals surface area contributed by atoms with Gasteiger partial charge in [-0.15, -0.1) is 0 Å². The fourth-order valence-corrected chi connectivity index (χ4v) is 6.53. The van der Waals surface area contributed by atoms with Crippen LogP contribution in [-0.2, 0) is 0 Å². The Morgan fingerprint density at radius 1 is 0.304 bits per heavy atom. The highest BCUT2D eigenvalue weighted by Crippen LogP contribution is 2.44. The Balaban J connectivity index is 1.34. The standard InChI is InChI=1S/C46H30/c1-2-13-33(14-3-1)45-41-16-6-8-18-43(41)46(44-19-9-7-17-42(44)45)34-27-25-32(26-28-34)37-20-10-23-40-38(21-11-22-39(37)40)36-29-24-31-12-4-5-15-35(31)30-36/h1-30H/i1D,2D,3D,6D,7D,8D,9D,13D,14D,16D,17D,18D,19D. The topological polar surface area (TPSA) is 0 Å². The minimum Gasteiger partial charge on any atom is -0.0622 e. The lowest BCUT2D eigenvalue weighted by Gasteiger charge is -2.18. The summed E-state index contributed by atoms with van der Waals surface area (Å²) in [6.07, 6.45) is 0. The average Bonchev–Trinajstić information content (AvgIpc) is 3.26. The van der Waals surface area contributed by atoms with E-state index in [0.717, 1.165) is 43.8 Å². The van der Waals surface area contributed by atoms with Crippen LogP contribution in [0.15, 0.2) is 182 Å². The summed E-state index contributed by atoms with van der Waals surface area (Å²) in [5.74, 6) is 0. The van der Waals surface area contributed by atoms with Crippen molar-refractivity contribution in [2.24, 2.45) is 0 Å². The first-order valence-corrected chi connectivity index (χ1v) is 14.9. The second-order valence-corrected chi connectivity index (χ2v) is 11.1. The van der Waals surface area contributed by atoms with Crippen LogP contribution in [0, 0.1) is 0 Å². The molecule has 214 valence electrons. The molecule has 0 N–H and O–H groups in total. The molecule has 0 unspecified atom stereocenters. The first-order valence-electron chi connectivity index (χ1n) is 21.4. The lowest BCUT2D eigenvalue weighted by molar-refractivity contribution is 1.62. The molecule has 9 aromatic rings. The first kappa shape index (κ1) is 16.4. The van der Waals surface area contributed by atoms with Crippen LogP contribution in [0.4, 0.5) is 0 Å². The lowest BCUT2D eigenvalue weighted by atomic mass is 9.85. The van der Waals surface area contributed by atoms with Crippen molar-refractivity contribution in [3.05, 3.63) is 182 Å². The van der Waals surface area contributed by atoms with E-state index in [0.29, 0.717) is 5.56 Å². The Kier molecular flexibility index (Phi) is 3.87. The molecule has 0 fully saturated rings. The zero-order valence-electron chi connectivity index (χ0n) is 37.3. The van der Waals surface area contributed by atoms with Gasteiger partial charge in [-0.05, 0) is 93.7 Å². The molecule has 0 spiro atoms. The first-order chi connectivity index (χ1) is 28.2. The van der Waals surface area contributed by atoms with Gasteiger partial charge in [0.2, 0.25) is 0 Å². The van der Waals surface area contributed by atoms with E-state index in [2.05, 4.69) is 48.5 Å². The molecule has 9 rings (SSSR count). The molecule has 0 heteroatoms. The second kappa shape index (κ2) is 10.9. The quantitative estimate of drug-likeness (QED) is 0.178. The van der Waals surface area contributed by atoms with Crippen molar-refractivity contribution >= 4 is 43.1 Å². The molecule has 0 amide bonds. The molecule has 0 saturated heterocycles. The largest absolute Gasteiger partial charge is 0.0629 e. The maximum Gasteiger partial charge on any atom is 0.0629 e. The predicted molar refractivity (Wildman–Crippen MR) is 198 cm³/mol. The van der Waals surface area contributed by atoms with Crippen molar-refractivity contribution in [2.45, 2.75) is 0 Å². The summed E-state index contributed by atoms with van der Waals surface area (Å²) in [5.41, 5.74) is 3.60. The van der Waals surface area contributed by atoms with Crippen LogP contribution in [0.2, 0.25) is 0 Å². The Hall–Kier alpha value is -5.98. The number of benzene rings is 9. The number of hydrogen-bond donors (Lipinski definition) is 0. The third-order valence-corrected chi connectivity index (χ3v) is 8.59. The van der Waals surface area contributed by atoms with E-state index in [1.54, 1.807) is 12.1 Å². The third-order valence-electron chi connectivity index (χ3n) is 8.59. The maximum absolute atomic E-state index is 9.22. The smallest absolute Gasteiger partial charge is 0.0622 e. The molecule has 0 atom stereocenters. The molecule has 9 aromatic carbocycles. The van der Waals surface area contributed by atoms with Crippen molar-refractivity contribution < 1.29 is 17.8 Å². The molecular weight excluding hydrogens is 553 g/mol. The monoisotopic (exact) mass is 595 g/mol. The predicted octanol–water partition coefficient (Wildman–Crippen LogP) is 13.0. The number of rotatable bonds is 4. The van der Waals surface area contributed by atoms with Crippen LogP contribution < -0.4 is 0 Å². The maximum atomic E-state index is 9.22. The molecule has 46 heavy (non-hydrogen) atoms. The highest BCUT2D eigenvalue weighted by Gasteiger charge is 2.17. The summed E-state index contributed by atoms with van der Waals surface area (Å²) in [5, 5.41) is 3.60. The fraction of sp³-hybridized carbons (Fsp3) is 0. The van der Waals surface area contributed by atoms with Gasteiger partial charge in [0.1, 0.15) is 0 Å². The molecule has 0 bridgehead atoms. The van der Waals surface area contributed by atoms with Gasteiger partial charge in [-0.25, -0.2) is 0 Å². The van der Waals surface area contributed by atoms with Gasteiger partial charge in [-0.2, -0.15) is 0 Å². The summed E-state index contributed by atoms with van der Waals surface area (Å²) in [7, 11) is 0. The molecule has 0 aliphatic carbocycles. The van der Waals surface area contributed by atoms with Crippen molar-refractivity contribution in [3.63, 3.8) is 0 Å². The Bertz CT molecular complexity index is 3190. The van der Waals surface area contributed by atoms with Gasteiger partial charge >= 0.3 is 0 Å². The van der Waals surface area contributed by atoms with Crippen LogP contribution in [0.25, 0.3) is 87.6 Å². The highest BCUT2D eigenvalue weighted by atomic mass is 14.2. The molecule has 0 heterocycles. The Morgan fingerprint density at radius 3 is 1.39 bits per heavy atom. The average molecular weight is 596 g/mol. The summed E-state index contributed by atoms with van der Waals surface area (Å²) in [4.78, 5) is 0. The van der Waals surface area contributed by atoms with Gasteiger partial charge in [-0.1, -0.05) is 176 Å². The lowest BCUT2D eigenvalue weighted by Crippen LogP contribution is -1.91. The van der Waals surface area contributed by atoms with Crippen molar-refractivity contribution in [1.29, 1.82) is 0 Å². The van der Waals surface area contributed by atoms with E-state index in [9.17, 15) is 2.74 Å². The summed E-state index contributed by atoms with van der Waals surface area (Å²) in [6.45, 7) is 0. The summed E-state index contributed by atoms with van der Waals surface area (Å²) >= 11 is 0. The Labute approximate surface area is 287 Å². The highest BCUT2D eigenvalue weighted by molar-refractivity contribution is 6.21. The molecule has 0 aliphatic heterocycles. The number of hydrogen-bond acceptors (Lipinski definition) is 0. The molecule has 0 nitrogen and oxygen atoms in total. The molecule has 0 saturated carbocycles. The van der Waals surface area contributed by atoms with Gasteiger partial charge < -0.3 is 0 Å². The second-order valence-electron chi connectivity index (χ2n) is 11.1. The SMILES string of the molecule is [2H]c1c([2H])c([2H])c(-c2c3c([2H])c([2H])c([2H])c([2H])c3c(-c3ccc(-c4cccc5c(-c6ccc7ccccc7c6)cccc45)cc3)c3c([2H])c([2H])c([2H])c([2H])c23)c([2H])c1[2H]. The van der Waals surface area contributed by atoms with E-state index in [-0.39, 0.29) is 32.7 Å². The fourth-order valence-electron chi connectivity index (χ4n) is 6.53. The van der Waals surface area contributed by atoms with Crippen LogP contribution >= 0.6 is 0 Å². The molecule has 0 radical (unpaired) electrons. The minimum absolute atomic E-state index is 0.0909. The van der Waals surface area contributed by atoms with E-state index in [4.69, 9.17) is 15.1 Å². The van der Waals surface area contributed by atoms with Crippen LogP contribution in [0.1, 0.15) is 17.8 Å². The molecule has 0 aromatic heterocycles. The minimum atomic E-state index is -0.707. The van der Waals surface area contributed by atoms with Crippen molar-refractivity contribution in [3.8, 4) is 44.5 Å². The summed E-state index contributed by atoms with van der Waals surface area (Å²) in [6, 6.07) is 25.8. The number of fused-ring (bicyclic) bond motifs is 4. The summed E-state index contributed by atoms with van der Waals surface area (Å²) < 4.78 is 114. The van der Waals surface area contributed by atoms with Crippen LogP contribution in [-0.4, -0.2) is 0 Å². The zero-order chi connectivity index (χ0) is 41.8. The van der Waals surface area contributed by atoms with Gasteiger partial charge in [0, 0.05) is 0 Å². The van der Waals surface area contributed by atoms with E-state index < -0.39 is 84.1 Å². The molecular formula is C46H30. The third kappa shape index (κ3) is 4.30. The van der Waals surface area contributed by atoms with Crippen molar-refractivity contribution in [1.82, 2.24) is 0 Å². The van der Waals surface area contributed by atoms with E-state index in [1.165, 1.54) is 0 Å². The normalized spacial score (nSPS) is 15.4. The zero-order valence-corrected chi connectivity index (χ0v) is 24.3. The van der Waals surface area contributed by atoms with E-state index in [1.807, 2.05) is 42.5 Å². The van der Waals surface area contributed by atoms with Crippen LogP contribution in [0.3, 0.4) is 0 Å². The van der Waals surface area contributed by atoms with Crippen molar-refractivity contribution in [2.75, 3.05) is 0 Å². The van der Waals surface area contributed by atoms with Gasteiger partial charge in [0.05, 0.1) is 17.8 Å². The van der Waals surface area contributed by atoms with E-state index >= 15 is 0 Å². The Morgan fingerprint density at radius 2 is 0.783 bits per heavy atom. The van der Waals surface area contributed by atoms with Gasteiger partial charge in [-0.3, -0.25) is 0 Å². The van der Waals surface area contributed by atoms with Gasteiger partial charge in [0.25, 0.3) is 0 Å².